The molecule has 15 heavy (non-hydrogen) atoms. The predicted octanol–water partition coefficient (Wildman–Crippen LogP) is -0.0416. The summed E-state index contributed by atoms with van der Waals surface area (Å²) in [5, 5.41) is 6.17. The van der Waals surface area contributed by atoms with Gasteiger partial charge in [0.25, 0.3) is 5.91 Å². The van der Waals surface area contributed by atoms with Gasteiger partial charge in [-0.1, -0.05) is 0 Å². The van der Waals surface area contributed by atoms with Crippen molar-refractivity contribution < 1.29 is 4.79 Å². The van der Waals surface area contributed by atoms with Gasteiger partial charge in [0.2, 0.25) is 0 Å². The molecule has 1 aromatic rings. The van der Waals surface area contributed by atoms with Crippen LogP contribution in [0.15, 0.2) is 18.6 Å². The van der Waals surface area contributed by atoms with Crippen LogP contribution in [-0.2, 0) is 0 Å². The Kier molecular flexibility index (Phi) is 3.24. The average Bonchev–Trinajstić information content (AvgIpc) is 2.31. The van der Waals surface area contributed by atoms with E-state index >= 15 is 0 Å². The van der Waals surface area contributed by atoms with Gasteiger partial charge in [-0.15, -0.1) is 0 Å². The van der Waals surface area contributed by atoms with E-state index in [0.717, 1.165) is 25.9 Å². The monoisotopic (exact) mass is 206 g/mol. The molecule has 5 heteroatoms. The lowest BCUT2D eigenvalue weighted by molar-refractivity contribution is 0.0925. The van der Waals surface area contributed by atoms with E-state index in [1.807, 2.05) is 0 Å². The fourth-order valence-electron chi connectivity index (χ4n) is 1.65. The molecule has 0 saturated carbocycles. The highest BCUT2D eigenvalue weighted by atomic mass is 16.1. The lowest BCUT2D eigenvalue weighted by Crippen LogP contribution is -2.45. The molecular weight excluding hydrogens is 192 g/mol. The van der Waals surface area contributed by atoms with Gasteiger partial charge in [0.05, 0.1) is 6.20 Å². The van der Waals surface area contributed by atoms with E-state index in [-0.39, 0.29) is 11.9 Å². The molecule has 0 spiro atoms. The van der Waals surface area contributed by atoms with E-state index in [1.54, 1.807) is 6.20 Å². The van der Waals surface area contributed by atoms with Gasteiger partial charge in [0.15, 0.2) is 0 Å². The average molecular weight is 206 g/mol. The van der Waals surface area contributed by atoms with E-state index < -0.39 is 0 Å². The SMILES string of the molecule is O=C(N[C@@H]1CCCNC1)c1cnccn1. The zero-order valence-electron chi connectivity index (χ0n) is 8.44. The summed E-state index contributed by atoms with van der Waals surface area (Å²) in [6.07, 6.45) is 6.68. The largest absolute Gasteiger partial charge is 0.347 e. The molecule has 80 valence electrons. The van der Waals surface area contributed by atoms with Crippen molar-refractivity contribution in [1.82, 2.24) is 20.6 Å². The molecule has 1 atom stereocenters. The van der Waals surface area contributed by atoms with Crippen molar-refractivity contribution in [3.63, 3.8) is 0 Å². The molecule has 0 aromatic carbocycles. The highest BCUT2D eigenvalue weighted by molar-refractivity contribution is 5.92. The summed E-state index contributed by atoms with van der Waals surface area (Å²) in [5.41, 5.74) is 0.378. The van der Waals surface area contributed by atoms with Gasteiger partial charge < -0.3 is 10.6 Å². The Balaban J connectivity index is 1.91. The molecule has 1 aliphatic heterocycles. The summed E-state index contributed by atoms with van der Waals surface area (Å²) < 4.78 is 0. The van der Waals surface area contributed by atoms with Crippen LogP contribution in [0.4, 0.5) is 0 Å². The first kappa shape index (κ1) is 10.0. The van der Waals surface area contributed by atoms with Crippen LogP contribution in [0.2, 0.25) is 0 Å². The minimum atomic E-state index is -0.142. The van der Waals surface area contributed by atoms with Crippen LogP contribution in [-0.4, -0.2) is 35.0 Å². The third-order valence-corrected chi connectivity index (χ3v) is 2.43. The summed E-state index contributed by atoms with van der Waals surface area (Å²) >= 11 is 0. The molecule has 1 fully saturated rings. The number of rotatable bonds is 2. The van der Waals surface area contributed by atoms with Gasteiger partial charge in [-0.05, 0) is 19.4 Å². The van der Waals surface area contributed by atoms with E-state index in [0.29, 0.717) is 5.69 Å². The topological polar surface area (TPSA) is 66.9 Å². The molecule has 1 amide bonds. The number of nitrogens with one attached hydrogen (secondary N) is 2. The van der Waals surface area contributed by atoms with Crippen molar-refractivity contribution in [2.45, 2.75) is 18.9 Å². The van der Waals surface area contributed by atoms with E-state index in [9.17, 15) is 4.79 Å². The van der Waals surface area contributed by atoms with E-state index in [4.69, 9.17) is 0 Å². The minimum Gasteiger partial charge on any atom is -0.347 e. The molecule has 1 aromatic heterocycles. The number of amides is 1. The Morgan fingerprint density at radius 1 is 1.53 bits per heavy atom. The third-order valence-electron chi connectivity index (χ3n) is 2.43. The van der Waals surface area contributed by atoms with E-state index in [1.165, 1.54) is 12.4 Å². The van der Waals surface area contributed by atoms with Gasteiger partial charge in [-0.3, -0.25) is 9.78 Å². The number of carbonyl (C=O) groups is 1. The number of carbonyl (C=O) groups excluding carboxylic acids is 1. The van der Waals surface area contributed by atoms with Crippen LogP contribution in [0.5, 0.6) is 0 Å². The van der Waals surface area contributed by atoms with Crippen LogP contribution in [0.1, 0.15) is 23.3 Å². The van der Waals surface area contributed by atoms with Crippen molar-refractivity contribution in [2.75, 3.05) is 13.1 Å². The van der Waals surface area contributed by atoms with Crippen molar-refractivity contribution in [3.05, 3.63) is 24.3 Å². The van der Waals surface area contributed by atoms with Gasteiger partial charge in [-0.25, -0.2) is 4.98 Å². The Bertz CT molecular complexity index is 321. The smallest absolute Gasteiger partial charge is 0.271 e. The number of hydrogen-bond donors (Lipinski definition) is 2. The van der Waals surface area contributed by atoms with Crippen LogP contribution in [0.25, 0.3) is 0 Å². The highest BCUT2D eigenvalue weighted by Crippen LogP contribution is 2.02. The normalized spacial score (nSPS) is 20.9. The molecule has 5 nitrogen and oxygen atoms in total. The highest BCUT2D eigenvalue weighted by Gasteiger charge is 2.16. The van der Waals surface area contributed by atoms with Crippen LogP contribution in [0.3, 0.4) is 0 Å². The lowest BCUT2D eigenvalue weighted by Gasteiger charge is -2.23. The number of hydrogen-bond acceptors (Lipinski definition) is 4. The zero-order chi connectivity index (χ0) is 10.5. The molecule has 0 unspecified atom stereocenters. The second-order valence-corrected chi connectivity index (χ2v) is 3.61. The Morgan fingerprint density at radius 3 is 3.13 bits per heavy atom. The number of nitrogens with zero attached hydrogens (tertiary/aromatic N) is 2. The van der Waals surface area contributed by atoms with Crippen LogP contribution in [0, 0.1) is 0 Å². The number of piperidine rings is 1. The first-order chi connectivity index (χ1) is 7.36. The second kappa shape index (κ2) is 4.84. The summed E-state index contributed by atoms with van der Waals surface area (Å²) in [6, 6.07) is 0.216. The summed E-state index contributed by atoms with van der Waals surface area (Å²) in [7, 11) is 0. The molecule has 0 bridgehead atoms. The van der Waals surface area contributed by atoms with Gasteiger partial charge in [0.1, 0.15) is 5.69 Å². The van der Waals surface area contributed by atoms with Crippen molar-refractivity contribution in [1.29, 1.82) is 0 Å². The summed E-state index contributed by atoms with van der Waals surface area (Å²) in [6.45, 7) is 1.88. The van der Waals surface area contributed by atoms with Crippen molar-refractivity contribution >= 4 is 5.91 Å². The predicted molar refractivity (Wildman–Crippen MR) is 55.4 cm³/mol. The summed E-state index contributed by atoms with van der Waals surface area (Å²) in [5.74, 6) is -0.142. The second-order valence-electron chi connectivity index (χ2n) is 3.61. The molecular formula is C10H14N4O. The lowest BCUT2D eigenvalue weighted by atomic mass is 10.1. The first-order valence-electron chi connectivity index (χ1n) is 5.14. The fraction of sp³-hybridized carbons (Fsp3) is 0.500. The molecule has 2 heterocycles. The zero-order valence-corrected chi connectivity index (χ0v) is 8.44. The molecule has 1 saturated heterocycles. The third kappa shape index (κ3) is 2.73. The molecule has 2 rings (SSSR count). The maximum Gasteiger partial charge on any atom is 0.271 e. The number of aromatic nitrogens is 2. The quantitative estimate of drug-likeness (QED) is 0.712. The standard InChI is InChI=1S/C10H14N4O/c15-10(9-7-12-4-5-13-9)14-8-2-1-3-11-6-8/h4-5,7-8,11H,1-3,6H2,(H,14,15)/t8-/m1/s1. The first-order valence-corrected chi connectivity index (χ1v) is 5.14. The molecule has 0 aliphatic carbocycles. The maximum absolute atomic E-state index is 11.7. The fourth-order valence-corrected chi connectivity index (χ4v) is 1.65. The molecule has 1 aliphatic rings. The van der Waals surface area contributed by atoms with Gasteiger partial charge in [-0.2, -0.15) is 0 Å². The maximum atomic E-state index is 11.7. The Hall–Kier alpha value is -1.49. The summed E-state index contributed by atoms with van der Waals surface area (Å²) in [4.78, 5) is 19.5. The van der Waals surface area contributed by atoms with Gasteiger partial charge in [0, 0.05) is 25.0 Å². The van der Waals surface area contributed by atoms with Crippen molar-refractivity contribution in [3.8, 4) is 0 Å². The van der Waals surface area contributed by atoms with Gasteiger partial charge >= 0.3 is 0 Å². The Morgan fingerprint density at radius 2 is 2.47 bits per heavy atom. The van der Waals surface area contributed by atoms with Crippen LogP contribution < -0.4 is 10.6 Å². The van der Waals surface area contributed by atoms with E-state index in [2.05, 4.69) is 20.6 Å². The molecule has 2 N–H and O–H groups in total. The Labute approximate surface area is 88.3 Å². The minimum absolute atomic E-state index is 0.142. The molecule has 0 radical (unpaired) electrons. The van der Waals surface area contributed by atoms with Crippen molar-refractivity contribution in [2.24, 2.45) is 0 Å². The van der Waals surface area contributed by atoms with Crippen LogP contribution >= 0.6 is 0 Å².